The smallest absolute Gasteiger partial charge is 0.320 e. The molecule has 3 aromatic rings. The van der Waals surface area contributed by atoms with Gasteiger partial charge in [-0.1, -0.05) is 73.5 Å². The van der Waals surface area contributed by atoms with E-state index in [1.807, 2.05) is 70.3 Å². The number of nitrogens with zero attached hydrogens (tertiary/aromatic N) is 3. The molecule has 3 aliphatic rings. The number of pyridine rings is 1. The summed E-state index contributed by atoms with van der Waals surface area (Å²) in [5, 5.41) is 0. The Kier molecular flexibility index (Phi) is 7.75. The second kappa shape index (κ2) is 11.5. The standard InChI is InChI=1S/C34H42N4O3/c1-41-34(25-36-19-14-28(22-31(36)39)26-10-4-2-5-11-26)18-21-37(24-33(34)16-8-9-17-33)32(40)38-20-15-29(35)23-30(38)27-12-6-3-7-13-27/h2-7,10-14,19,22,29-30H,8-9,15-18,20-21,23-25,35H2,1H3/t29-,30+,34-/m1/s1. The molecule has 216 valence electrons. The number of carbonyl (C=O) groups excluding carboxylic acids is 1. The Bertz CT molecular complexity index is 1400. The van der Waals surface area contributed by atoms with Crippen LogP contribution in [0.4, 0.5) is 4.79 Å². The van der Waals surface area contributed by atoms with Crippen LogP contribution in [-0.4, -0.2) is 58.8 Å². The number of carbonyl (C=O) groups is 1. The van der Waals surface area contributed by atoms with Crippen LogP contribution in [0.5, 0.6) is 0 Å². The monoisotopic (exact) mass is 554 g/mol. The van der Waals surface area contributed by atoms with E-state index >= 15 is 0 Å². The molecule has 0 unspecified atom stereocenters. The predicted molar refractivity (Wildman–Crippen MR) is 161 cm³/mol. The Balaban J connectivity index is 1.25. The summed E-state index contributed by atoms with van der Waals surface area (Å²) in [6.07, 6.45) is 8.42. The van der Waals surface area contributed by atoms with Crippen molar-refractivity contribution < 1.29 is 9.53 Å². The number of nitrogens with two attached hydrogens (primary N) is 1. The van der Waals surface area contributed by atoms with Crippen molar-refractivity contribution in [1.82, 2.24) is 14.4 Å². The van der Waals surface area contributed by atoms with Gasteiger partial charge in [0.25, 0.3) is 5.56 Å². The number of amides is 2. The second-order valence-electron chi connectivity index (χ2n) is 12.3. The van der Waals surface area contributed by atoms with Crippen LogP contribution in [0.25, 0.3) is 11.1 Å². The highest BCUT2D eigenvalue weighted by atomic mass is 16.5. The Hall–Kier alpha value is -3.42. The average molecular weight is 555 g/mol. The normalized spacial score (nSPS) is 25.9. The maximum Gasteiger partial charge on any atom is 0.320 e. The van der Waals surface area contributed by atoms with E-state index in [4.69, 9.17) is 10.5 Å². The van der Waals surface area contributed by atoms with E-state index in [0.29, 0.717) is 32.6 Å². The van der Waals surface area contributed by atoms with Gasteiger partial charge in [-0.2, -0.15) is 0 Å². The van der Waals surface area contributed by atoms with Crippen LogP contribution in [0.2, 0.25) is 0 Å². The van der Waals surface area contributed by atoms with Crippen molar-refractivity contribution in [3.8, 4) is 11.1 Å². The third-order valence-electron chi connectivity index (χ3n) is 10.1. The molecule has 6 rings (SSSR count). The quantitative estimate of drug-likeness (QED) is 0.455. The van der Waals surface area contributed by atoms with E-state index in [-0.39, 0.29) is 29.1 Å². The molecule has 1 aliphatic carbocycles. The van der Waals surface area contributed by atoms with Crippen molar-refractivity contribution in [2.24, 2.45) is 11.1 Å². The molecule has 1 saturated carbocycles. The van der Waals surface area contributed by atoms with Gasteiger partial charge in [-0.25, -0.2) is 4.79 Å². The lowest BCUT2D eigenvalue weighted by Gasteiger charge is -2.55. The predicted octanol–water partition coefficient (Wildman–Crippen LogP) is 5.45. The van der Waals surface area contributed by atoms with Crippen LogP contribution < -0.4 is 11.3 Å². The molecule has 3 atom stereocenters. The number of piperidine rings is 2. The van der Waals surface area contributed by atoms with E-state index in [0.717, 1.165) is 55.2 Å². The first-order valence-corrected chi connectivity index (χ1v) is 15.1. The first-order chi connectivity index (χ1) is 19.9. The van der Waals surface area contributed by atoms with Gasteiger partial charge < -0.3 is 24.8 Å². The van der Waals surface area contributed by atoms with Gasteiger partial charge in [-0.15, -0.1) is 0 Å². The molecular formula is C34H42N4O3. The van der Waals surface area contributed by atoms with Gasteiger partial charge >= 0.3 is 6.03 Å². The van der Waals surface area contributed by atoms with Crippen LogP contribution in [0.1, 0.15) is 56.6 Å². The summed E-state index contributed by atoms with van der Waals surface area (Å²) < 4.78 is 8.25. The number of rotatable bonds is 5. The first kappa shape index (κ1) is 27.7. The number of aromatic nitrogens is 1. The number of likely N-dealkylation sites (tertiary alicyclic amines) is 2. The molecule has 2 N–H and O–H groups in total. The van der Waals surface area contributed by atoms with Gasteiger partial charge in [-0.3, -0.25) is 4.79 Å². The van der Waals surface area contributed by atoms with Gasteiger partial charge in [-0.05, 0) is 54.9 Å². The summed E-state index contributed by atoms with van der Waals surface area (Å²) >= 11 is 0. The third-order valence-corrected chi connectivity index (χ3v) is 10.1. The van der Waals surface area contributed by atoms with Crippen LogP contribution in [0.15, 0.2) is 83.8 Å². The lowest BCUT2D eigenvalue weighted by atomic mass is 9.65. The Morgan fingerprint density at radius 1 is 0.951 bits per heavy atom. The highest BCUT2D eigenvalue weighted by Crippen LogP contribution is 2.53. The van der Waals surface area contributed by atoms with Gasteiger partial charge in [0.2, 0.25) is 0 Å². The number of benzene rings is 2. The Morgan fingerprint density at radius 2 is 1.66 bits per heavy atom. The van der Waals surface area contributed by atoms with Crippen molar-refractivity contribution in [2.45, 2.75) is 69.2 Å². The summed E-state index contributed by atoms with van der Waals surface area (Å²) in [7, 11) is 1.79. The maximum absolute atomic E-state index is 14.2. The van der Waals surface area contributed by atoms with Gasteiger partial charge in [0.1, 0.15) is 0 Å². The SMILES string of the molecule is CO[C@@]1(Cn2ccc(-c3ccccc3)cc2=O)CCN(C(=O)N2CC[C@@H](N)C[C@H]2c2ccccc2)CC12CCCC2. The molecule has 3 heterocycles. The van der Waals surface area contributed by atoms with Crippen LogP contribution in [-0.2, 0) is 11.3 Å². The van der Waals surface area contributed by atoms with Crippen LogP contribution >= 0.6 is 0 Å². The Labute approximate surface area is 242 Å². The van der Waals surface area contributed by atoms with Crippen molar-refractivity contribution in [1.29, 1.82) is 0 Å². The molecule has 0 radical (unpaired) electrons. The fourth-order valence-corrected chi connectivity index (χ4v) is 7.75. The number of hydrogen-bond donors (Lipinski definition) is 1. The second-order valence-corrected chi connectivity index (χ2v) is 12.3. The molecule has 3 fully saturated rings. The van der Waals surface area contributed by atoms with Crippen molar-refractivity contribution in [3.63, 3.8) is 0 Å². The van der Waals surface area contributed by atoms with Crippen LogP contribution in [0.3, 0.4) is 0 Å². The van der Waals surface area contributed by atoms with Crippen molar-refractivity contribution in [2.75, 3.05) is 26.7 Å². The zero-order valence-electron chi connectivity index (χ0n) is 24.1. The minimum Gasteiger partial charge on any atom is -0.376 e. The summed E-state index contributed by atoms with van der Waals surface area (Å²) in [5.41, 5.74) is 8.75. The van der Waals surface area contributed by atoms with E-state index in [1.54, 1.807) is 13.2 Å². The van der Waals surface area contributed by atoms with Crippen molar-refractivity contribution >= 4 is 6.03 Å². The third kappa shape index (κ3) is 5.22. The molecule has 2 aromatic carbocycles. The number of ether oxygens (including phenoxy) is 1. The fraction of sp³-hybridized carbons (Fsp3) is 0.471. The molecule has 41 heavy (non-hydrogen) atoms. The lowest BCUT2D eigenvalue weighted by Crippen LogP contribution is -2.64. The van der Waals surface area contributed by atoms with Gasteiger partial charge in [0.05, 0.1) is 18.2 Å². The molecule has 7 heteroatoms. The van der Waals surface area contributed by atoms with E-state index in [9.17, 15) is 9.59 Å². The van der Waals surface area contributed by atoms with Gasteiger partial charge in [0, 0.05) is 50.5 Å². The summed E-state index contributed by atoms with van der Waals surface area (Å²) in [4.78, 5) is 31.6. The topological polar surface area (TPSA) is 80.8 Å². The average Bonchev–Trinajstić information content (AvgIpc) is 3.49. The molecule has 2 saturated heterocycles. The van der Waals surface area contributed by atoms with E-state index in [2.05, 4.69) is 17.0 Å². The van der Waals surface area contributed by atoms with E-state index < -0.39 is 5.60 Å². The zero-order chi connectivity index (χ0) is 28.5. The fourth-order valence-electron chi connectivity index (χ4n) is 7.75. The maximum atomic E-state index is 14.2. The summed E-state index contributed by atoms with van der Waals surface area (Å²) in [6.45, 7) is 2.42. The zero-order valence-corrected chi connectivity index (χ0v) is 24.1. The largest absolute Gasteiger partial charge is 0.376 e. The lowest BCUT2D eigenvalue weighted by molar-refractivity contribution is -0.159. The summed E-state index contributed by atoms with van der Waals surface area (Å²) in [6, 6.07) is 24.2. The first-order valence-electron chi connectivity index (χ1n) is 15.1. The summed E-state index contributed by atoms with van der Waals surface area (Å²) in [5.74, 6) is 0. The molecule has 1 aromatic heterocycles. The van der Waals surface area contributed by atoms with Crippen LogP contribution in [0, 0.1) is 5.41 Å². The molecule has 2 amide bonds. The molecule has 0 bridgehead atoms. The number of hydrogen-bond acceptors (Lipinski definition) is 4. The number of urea groups is 1. The minimum atomic E-state index is -0.512. The van der Waals surface area contributed by atoms with Crippen molar-refractivity contribution in [3.05, 3.63) is 94.9 Å². The molecule has 1 spiro atoms. The van der Waals surface area contributed by atoms with Gasteiger partial charge in [0.15, 0.2) is 0 Å². The molecule has 7 nitrogen and oxygen atoms in total. The Morgan fingerprint density at radius 3 is 2.34 bits per heavy atom. The molecule has 2 aliphatic heterocycles. The highest BCUT2D eigenvalue weighted by Gasteiger charge is 2.57. The minimum absolute atomic E-state index is 0.0113. The van der Waals surface area contributed by atoms with E-state index in [1.165, 1.54) is 0 Å². The highest BCUT2D eigenvalue weighted by molar-refractivity contribution is 5.75. The molecular weight excluding hydrogens is 512 g/mol. The number of methoxy groups -OCH3 is 1.